The summed E-state index contributed by atoms with van der Waals surface area (Å²) in [6.07, 6.45) is 6.56. The number of amides is 8. The van der Waals surface area contributed by atoms with Gasteiger partial charge >= 0.3 is 17.8 Å². The fraction of sp³-hybridized carbons (Fsp3) is 0.340. The number of carboxylic acids is 1. The third-order valence-electron chi connectivity index (χ3n) is 11.7. The first-order valence-electron chi connectivity index (χ1n) is 24.4. The average Bonchev–Trinajstić information content (AvgIpc) is 4.29. The Morgan fingerprint density at radius 2 is 1.49 bits per heavy atom. The van der Waals surface area contributed by atoms with Crippen LogP contribution in [0.4, 0.5) is 5.95 Å². The number of pyridine rings is 1. The second-order valence-electron chi connectivity index (χ2n) is 17.5. The van der Waals surface area contributed by atoms with Crippen LogP contribution in [-0.2, 0) is 59.4 Å². The minimum Gasteiger partial charge on any atom is -0.491 e. The number of primary amides is 2. The number of carboxylic acid groups (broad SMARTS) is 1. The zero-order chi connectivity index (χ0) is 57.2. The van der Waals surface area contributed by atoms with Gasteiger partial charge in [-0.3, -0.25) is 57.9 Å². The molecule has 2 atom stereocenters. The zero-order valence-electron chi connectivity index (χ0n) is 43.1. The van der Waals surface area contributed by atoms with Crippen LogP contribution in [0.3, 0.4) is 0 Å². The molecule has 0 fully saturated rings. The van der Waals surface area contributed by atoms with Crippen LogP contribution in [0.15, 0.2) is 62.5 Å². The van der Waals surface area contributed by atoms with Gasteiger partial charge in [-0.2, -0.15) is 4.99 Å². The highest BCUT2D eigenvalue weighted by Gasteiger charge is 2.30. The molecule has 29 heteroatoms. The van der Waals surface area contributed by atoms with E-state index in [2.05, 4.69) is 40.9 Å². The smallest absolute Gasteiger partial charge is 0.328 e. The van der Waals surface area contributed by atoms with Gasteiger partial charge in [0.25, 0.3) is 17.7 Å². The summed E-state index contributed by atoms with van der Waals surface area (Å²) in [5.74, 6) is -7.91. The molecule has 6 heterocycles. The Kier molecular flexibility index (Phi) is 18.0. The Balaban J connectivity index is 1.10. The number of aliphatic carboxylic acids is 1. The molecule has 0 bridgehead atoms. The molecule has 8 N–H and O–H groups in total. The molecule has 6 aromatic rings. The molecule has 0 saturated heterocycles. The Morgan fingerprint density at radius 1 is 0.848 bits per heavy atom. The predicted molar refractivity (Wildman–Crippen MR) is 276 cm³/mol. The Morgan fingerprint density at radius 3 is 2.14 bits per heavy atom. The second-order valence-corrected chi connectivity index (χ2v) is 18.5. The molecule has 5 aromatic heterocycles. The van der Waals surface area contributed by atoms with Crippen molar-refractivity contribution in [1.82, 2.24) is 44.6 Å². The number of aryl methyl sites for hydroxylation is 4. The van der Waals surface area contributed by atoms with Gasteiger partial charge in [0.05, 0.1) is 40.4 Å². The SMILES string of the molecule is CCc1nc(C)oc1C(=O)N=c1sc2cc(C(N)=O)cnc2n1C/C=C/Cn1c(NC(=O)c2oc(C)nc2CC)nc2cc(C(N)=O)cc(OCCCOC(=O)[C@H](C)NC(=O)[C@H](CCC(=O)O)NC(=O)CN3C(=O)C=CC3=O)c21. The Labute approximate surface area is 450 Å². The van der Waals surface area contributed by atoms with Crippen molar-refractivity contribution in [3.05, 3.63) is 99.3 Å². The van der Waals surface area contributed by atoms with E-state index in [1.807, 2.05) is 6.92 Å². The lowest BCUT2D eigenvalue weighted by atomic mass is 10.1. The summed E-state index contributed by atoms with van der Waals surface area (Å²) in [6, 6.07) is 1.55. The van der Waals surface area contributed by atoms with Crippen molar-refractivity contribution >= 4 is 97.9 Å². The van der Waals surface area contributed by atoms with Crippen molar-refractivity contribution in [2.45, 2.75) is 91.9 Å². The van der Waals surface area contributed by atoms with Crippen LogP contribution in [0.2, 0.25) is 0 Å². The molecule has 0 spiro atoms. The number of imide groups is 1. The number of carbonyl (C=O) groups is 10. The maximum absolute atomic E-state index is 13.8. The predicted octanol–water partition coefficient (Wildman–Crippen LogP) is 1.70. The molecule has 28 nitrogen and oxygen atoms in total. The van der Waals surface area contributed by atoms with E-state index in [0.29, 0.717) is 45.4 Å². The van der Waals surface area contributed by atoms with Crippen molar-refractivity contribution in [3.8, 4) is 5.75 Å². The summed E-state index contributed by atoms with van der Waals surface area (Å²) >= 11 is 1.09. The first kappa shape index (κ1) is 57.0. The van der Waals surface area contributed by atoms with Crippen molar-refractivity contribution in [2.24, 2.45) is 16.5 Å². The summed E-state index contributed by atoms with van der Waals surface area (Å²) < 4.78 is 26.5. The van der Waals surface area contributed by atoms with Gasteiger partial charge in [0.1, 0.15) is 29.9 Å². The molecule has 0 radical (unpaired) electrons. The average molecular weight is 1110 g/mol. The van der Waals surface area contributed by atoms with Gasteiger partial charge in [-0.15, -0.1) is 0 Å². The number of imidazole rings is 1. The fourth-order valence-electron chi connectivity index (χ4n) is 7.94. The van der Waals surface area contributed by atoms with Crippen LogP contribution in [0.5, 0.6) is 5.75 Å². The van der Waals surface area contributed by atoms with Gasteiger partial charge in [0.15, 0.2) is 22.2 Å². The van der Waals surface area contributed by atoms with E-state index < -0.39 is 90.7 Å². The number of anilines is 1. The van der Waals surface area contributed by atoms with Crippen LogP contribution in [0.1, 0.15) is 105 Å². The maximum atomic E-state index is 13.8. The number of rotatable bonds is 25. The topological polar surface area (TPSA) is 401 Å². The number of allylic oxidation sites excluding steroid dienone is 2. The summed E-state index contributed by atoms with van der Waals surface area (Å²) in [7, 11) is 0. The van der Waals surface area contributed by atoms with Gasteiger partial charge in [0.2, 0.25) is 41.1 Å². The number of nitrogens with zero attached hydrogens (tertiary/aromatic N) is 8. The molecular weight excluding hydrogens is 1050 g/mol. The molecule has 0 saturated carbocycles. The number of thiazole rings is 1. The minimum absolute atomic E-state index is 0.00586. The summed E-state index contributed by atoms with van der Waals surface area (Å²) in [5, 5.41) is 16.7. The van der Waals surface area contributed by atoms with Crippen LogP contribution >= 0.6 is 11.3 Å². The summed E-state index contributed by atoms with van der Waals surface area (Å²) in [6.45, 7) is 7.04. The lowest BCUT2D eigenvalue weighted by Gasteiger charge is -2.21. The van der Waals surface area contributed by atoms with Gasteiger partial charge in [-0.1, -0.05) is 37.3 Å². The van der Waals surface area contributed by atoms with E-state index >= 15 is 0 Å². The lowest BCUT2D eigenvalue weighted by Crippen LogP contribution is -2.53. The standard InChI is InChI=1S/C50H53N13O15S/c1-6-29-40(77-25(4)55-29)46(72)59-49-58-32-19-27(42(51)69)20-33(75-17-10-18-76-48(74)24(3)54-45(71)31(11-14-38(67)68)57-35(64)23-63-36(65)12-13-37(63)66)39(32)61(49)15-8-9-16-62-44-34(21-28(22-53-44)43(52)70)79-50(62)60-47(73)41-30(7-2)56-26(5)78-41/h8-9,12-13,19-22,24,31H,6-7,10-11,14-18,23H2,1-5H3,(H2,51,69)(H2,52,70)(H,54,71)(H,57,64)(H,67,68)(H,58,59,72)/b9-8+,60-50?/t24-,31-/m0/s1. The zero-order valence-corrected chi connectivity index (χ0v) is 44.0. The number of aromatic nitrogens is 6. The number of benzene rings is 1. The number of carbonyl (C=O) groups excluding carboxylic acids is 9. The molecule has 0 unspecified atom stereocenters. The Bertz CT molecular complexity index is 3560. The monoisotopic (exact) mass is 1110 g/mol. The highest BCUT2D eigenvalue weighted by molar-refractivity contribution is 7.16. The van der Waals surface area contributed by atoms with Gasteiger partial charge in [0, 0.05) is 63.7 Å². The lowest BCUT2D eigenvalue weighted by molar-refractivity contribution is -0.148. The van der Waals surface area contributed by atoms with Crippen molar-refractivity contribution in [1.29, 1.82) is 0 Å². The Hall–Kier alpha value is -9.67. The third kappa shape index (κ3) is 13.7. The van der Waals surface area contributed by atoms with Crippen molar-refractivity contribution in [3.63, 3.8) is 0 Å². The largest absolute Gasteiger partial charge is 0.491 e. The molecule has 1 aliphatic rings. The van der Waals surface area contributed by atoms with Crippen LogP contribution in [0.25, 0.3) is 21.4 Å². The van der Waals surface area contributed by atoms with E-state index in [-0.39, 0.29) is 88.8 Å². The molecule has 7 rings (SSSR count). The van der Waals surface area contributed by atoms with Crippen LogP contribution in [0, 0.1) is 13.8 Å². The quantitative estimate of drug-likeness (QED) is 0.0206. The first-order chi connectivity index (χ1) is 37.6. The number of oxazole rings is 2. The number of nitrogens with two attached hydrogens (primary N) is 2. The van der Waals surface area contributed by atoms with Crippen LogP contribution in [-0.4, -0.2) is 130 Å². The fourth-order valence-corrected chi connectivity index (χ4v) is 8.97. The van der Waals surface area contributed by atoms with Gasteiger partial charge < -0.3 is 50.1 Å². The molecule has 1 aliphatic heterocycles. The summed E-state index contributed by atoms with van der Waals surface area (Å²) in [4.78, 5) is 149. The molecule has 0 aliphatic carbocycles. The van der Waals surface area contributed by atoms with E-state index in [9.17, 15) is 53.1 Å². The first-order valence-corrected chi connectivity index (χ1v) is 25.2. The summed E-state index contributed by atoms with van der Waals surface area (Å²) in [5.41, 5.74) is 13.1. The number of hydrogen-bond donors (Lipinski definition) is 6. The highest BCUT2D eigenvalue weighted by Crippen LogP contribution is 2.32. The van der Waals surface area contributed by atoms with Crippen LogP contribution < -0.4 is 37.0 Å². The van der Waals surface area contributed by atoms with Gasteiger partial charge in [-0.05, 0) is 44.4 Å². The van der Waals surface area contributed by atoms with Gasteiger partial charge in [-0.25, -0.2) is 24.7 Å². The number of hydrogen-bond acceptors (Lipinski definition) is 19. The molecule has 414 valence electrons. The van der Waals surface area contributed by atoms with E-state index in [4.69, 9.17) is 29.8 Å². The maximum Gasteiger partial charge on any atom is 0.328 e. The van der Waals surface area contributed by atoms with Crippen molar-refractivity contribution < 1.29 is 71.4 Å². The minimum atomic E-state index is -1.47. The normalized spacial score (nSPS) is 13.3. The molecule has 8 amide bonds. The number of esters is 1. The van der Waals surface area contributed by atoms with E-state index in [1.165, 1.54) is 31.3 Å². The molecule has 79 heavy (non-hydrogen) atoms. The third-order valence-corrected chi connectivity index (χ3v) is 12.8. The second kappa shape index (κ2) is 25.0. The number of fused-ring (bicyclic) bond motifs is 2. The van der Waals surface area contributed by atoms with E-state index in [0.717, 1.165) is 23.5 Å². The van der Waals surface area contributed by atoms with Crippen molar-refractivity contribution in [2.75, 3.05) is 25.1 Å². The number of nitrogens with one attached hydrogen (secondary N) is 3. The molecule has 1 aromatic carbocycles. The molecular formula is C50H53N13O15S. The number of ether oxygens (including phenoxy) is 2. The highest BCUT2D eigenvalue weighted by atomic mass is 32.1. The van der Waals surface area contributed by atoms with E-state index in [1.54, 1.807) is 42.1 Å².